The third-order valence-electron chi connectivity index (χ3n) is 6.91. The van der Waals surface area contributed by atoms with E-state index < -0.39 is 16.8 Å². The highest BCUT2D eigenvalue weighted by Gasteiger charge is 2.61. The molecular formula is C19H24N2O5. The van der Waals surface area contributed by atoms with Gasteiger partial charge in [-0.05, 0) is 42.1 Å². The number of nitro benzene ring substituents is 1. The number of nitrogens with one attached hydrogen (secondary N) is 1. The zero-order valence-corrected chi connectivity index (χ0v) is 15.5. The minimum atomic E-state index is -0.712. The Bertz CT molecular complexity index is 788. The topological polar surface area (TPSA) is 98.5 Å². The summed E-state index contributed by atoms with van der Waals surface area (Å²) in [6.07, 6.45) is 3.13. The molecule has 1 amide bonds. The van der Waals surface area contributed by atoms with Gasteiger partial charge < -0.3 is 10.1 Å². The predicted octanol–water partition coefficient (Wildman–Crippen LogP) is 3.33. The molecule has 26 heavy (non-hydrogen) atoms. The van der Waals surface area contributed by atoms with Crippen LogP contribution in [-0.4, -0.2) is 30.0 Å². The molecule has 0 saturated heterocycles. The molecule has 1 N–H and O–H groups in total. The highest BCUT2D eigenvalue weighted by molar-refractivity contribution is 5.99. The lowest BCUT2D eigenvalue weighted by Crippen LogP contribution is -2.46. The molecule has 1 aromatic rings. The number of methoxy groups -OCH3 is 1. The number of nitrogens with zero attached hydrogens (tertiary/aromatic N) is 1. The molecule has 3 unspecified atom stereocenters. The maximum Gasteiger partial charge on any atom is 0.338 e. The van der Waals surface area contributed by atoms with Crippen LogP contribution in [0.25, 0.3) is 0 Å². The van der Waals surface area contributed by atoms with E-state index in [1.165, 1.54) is 25.7 Å². The number of amides is 1. The average Bonchev–Trinajstić information content (AvgIpc) is 2.93. The molecule has 1 aromatic carbocycles. The Morgan fingerprint density at radius 3 is 2.38 bits per heavy atom. The van der Waals surface area contributed by atoms with Gasteiger partial charge in [-0.2, -0.15) is 0 Å². The SMILES string of the molecule is COC(=O)c1cc(C(=O)NC2CC3CCC2(C)C3(C)C)cc([N+](=O)[O-])c1. The Hall–Kier alpha value is -2.44. The summed E-state index contributed by atoms with van der Waals surface area (Å²) in [5, 5.41) is 14.2. The molecule has 0 radical (unpaired) electrons. The van der Waals surface area contributed by atoms with Crippen LogP contribution in [0.4, 0.5) is 5.69 Å². The molecule has 2 saturated carbocycles. The number of carbonyl (C=O) groups is 2. The largest absolute Gasteiger partial charge is 0.465 e. The minimum absolute atomic E-state index is 0.000774. The van der Waals surface area contributed by atoms with E-state index in [2.05, 4.69) is 30.8 Å². The first-order valence-electron chi connectivity index (χ1n) is 8.79. The van der Waals surface area contributed by atoms with Crippen molar-refractivity contribution in [1.82, 2.24) is 5.32 Å². The van der Waals surface area contributed by atoms with Crippen molar-refractivity contribution in [3.05, 3.63) is 39.4 Å². The van der Waals surface area contributed by atoms with Crippen molar-refractivity contribution in [2.24, 2.45) is 16.7 Å². The van der Waals surface area contributed by atoms with Crippen LogP contribution in [0, 0.1) is 26.9 Å². The van der Waals surface area contributed by atoms with Crippen molar-refractivity contribution >= 4 is 17.6 Å². The van der Waals surface area contributed by atoms with Crippen molar-refractivity contribution in [3.8, 4) is 0 Å². The number of ether oxygens (including phenoxy) is 1. The van der Waals surface area contributed by atoms with Crippen molar-refractivity contribution in [2.75, 3.05) is 7.11 Å². The molecule has 0 aliphatic heterocycles. The van der Waals surface area contributed by atoms with Crippen LogP contribution < -0.4 is 5.32 Å². The maximum atomic E-state index is 12.8. The van der Waals surface area contributed by atoms with Crippen molar-refractivity contribution in [1.29, 1.82) is 0 Å². The molecule has 7 nitrogen and oxygen atoms in total. The zero-order chi connectivity index (χ0) is 19.3. The summed E-state index contributed by atoms with van der Waals surface area (Å²) in [7, 11) is 1.19. The average molecular weight is 360 g/mol. The van der Waals surface area contributed by atoms with Gasteiger partial charge in [-0.3, -0.25) is 14.9 Å². The van der Waals surface area contributed by atoms with Crippen LogP contribution in [0.3, 0.4) is 0 Å². The van der Waals surface area contributed by atoms with Crippen molar-refractivity contribution in [2.45, 2.75) is 46.1 Å². The maximum absolute atomic E-state index is 12.8. The van der Waals surface area contributed by atoms with Gasteiger partial charge in [0.1, 0.15) is 0 Å². The van der Waals surface area contributed by atoms with Crippen LogP contribution in [0.5, 0.6) is 0 Å². The first kappa shape index (κ1) is 18.4. The highest BCUT2D eigenvalue weighted by Crippen LogP contribution is 2.65. The van der Waals surface area contributed by atoms with E-state index in [0.29, 0.717) is 5.92 Å². The van der Waals surface area contributed by atoms with Gasteiger partial charge in [0, 0.05) is 23.7 Å². The van der Waals surface area contributed by atoms with Crippen LogP contribution in [0.15, 0.2) is 18.2 Å². The third kappa shape index (κ3) is 2.66. The predicted molar refractivity (Wildman–Crippen MR) is 94.9 cm³/mol. The number of esters is 1. The van der Waals surface area contributed by atoms with Gasteiger partial charge in [0.25, 0.3) is 11.6 Å². The van der Waals surface area contributed by atoms with E-state index in [4.69, 9.17) is 0 Å². The lowest BCUT2D eigenvalue weighted by atomic mass is 9.69. The first-order chi connectivity index (χ1) is 12.1. The third-order valence-corrected chi connectivity index (χ3v) is 6.91. The fourth-order valence-corrected chi connectivity index (χ4v) is 4.75. The van der Waals surface area contributed by atoms with Crippen LogP contribution in [0.2, 0.25) is 0 Å². The molecule has 3 atom stereocenters. The fourth-order valence-electron chi connectivity index (χ4n) is 4.75. The van der Waals surface area contributed by atoms with Gasteiger partial charge in [-0.25, -0.2) is 4.79 Å². The second-order valence-electron chi connectivity index (χ2n) is 8.15. The molecule has 7 heteroatoms. The second-order valence-corrected chi connectivity index (χ2v) is 8.15. The van der Waals surface area contributed by atoms with Gasteiger partial charge in [-0.1, -0.05) is 20.8 Å². The van der Waals surface area contributed by atoms with E-state index in [0.717, 1.165) is 18.9 Å². The standard InChI is InChI=1S/C19H24N2O5/c1-18(2)13-5-6-19(18,3)15(10-13)20-16(22)11-7-12(17(23)26-4)9-14(8-11)21(24)25/h7-9,13,15H,5-6,10H2,1-4H3,(H,20,22). The van der Waals surface area contributed by atoms with Crippen LogP contribution in [-0.2, 0) is 4.74 Å². The molecule has 2 aliphatic carbocycles. The van der Waals surface area contributed by atoms with Gasteiger partial charge >= 0.3 is 5.97 Å². The zero-order valence-electron chi connectivity index (χ0n) is 15.5. The molecule has 0 spiro atoms. The molecule has 2 fully saturated rings. The number of hydrogen-bond acceptors (Lipinski definition) is 5. The smallest absolute Gasteiger partial charge is 0.338 e. The summed E-state index contributed by atoms with van der Waals surface area (Å²) in [5.41, 5.74) is -0.0723. The molecular weight excluding hydrogens is 336 g/mol. The number of fused-ring (bicyclic) bond motifs is 2. The monoisotopic (exact) mass is 360 g/mol. The normalized spacial score (nSPS) is 28.6. The Balaban J connectivity index is 1.88. The van der Waals surface area contributed by atoms with Crippen LogP contribution >= 0.6 is 0 Å². The van der Waals surface area contributed by atoms with E-state index in [-0.39, 0.29) is 33.7 Å². The van der Waals surface area contributed by atoms with E-state index >= 15 is 0 Å². The number of nitro groups is 1. The van der Waals surface area contributed by atoms with Crippen LogP contribution in [0.1, 0.15) is 60.7 Å². The van der Waals surface area contributed by atoms with E-state index in [9.17, 15) is 19.7 Å². The summed E-state index contributed by atoms with van der Waals surface area (Å²) < 4.78 is 4.63. The first-order valence-corrected chi connectivity index (χ1v) is 8.79. The lowest BCUT2D eigenvalue weighted by molar-refractivity contribution is -0.384. The number of hydrogen-bond donors (Lipinski definition) is 1. The van der Waals surface area contributed by atoms with Gasteiger partial charge in [-0.15, -0.1) is 0 Å². The van der Waals surface area contributed by atoms with Crippen molar-refractivity contribution < 1.29 is 19.2 Å². The number of non-ortho nitro benzene ring substituents is 1. The number of benzene rings is 1. The molecule has 2 bridgehead atoms. The summed E-state index contributed by atoms with van der Waals surface area (Å²) in [6.45, 7) is 6.71. The Labute approximate surface area is 152 Å². The second kappa shape index (κ2) is 6.07. The summed E-state index contributed by atoms with van der Waals surface area (Å²) in [6, 6.07) is 3.67. The molecule has 0 aromatic heterocycles. The van der Waals surface area contributed by atoms with Gasteiger partial charge in [0.2, 0.25) is 0 Å². The summed E-state index contributed by atoms with van der Waals surface area (Å²) in [4.78, 5) is 35.1. The molecule has 2 aliphatic rings. The molecule has 3 rings (SSSR count). The quantitative estimate of drug-likeness (QED) is 0.504. The minimum Gasteiger partial charge on any atom is -0.465 e. The van der Waals surface area contributed by atoms with Crippen molar-refractivity contribution in [3.63, 3.8) is 0 Å². The Morgan fingerprint density at radius 1 is 1.23 bits per heavy atom. The molecule has 140 valence electrons. The fraction of sp³-hybridized carbons (Fsp3) is 0.579. The van der Waals surface area contributed by atoms with Gasteiger partial charge in [0.05, 0.1) is 17.6 Å². The summed E-state index contributed by atoms with van der Waals surface area (Å²) in [5.74, 6) is -0.544. The Kier molecular flexibility index (Phi) is 4.29. The van der Waals surface area contributed by atoms with Gasteiger partial charge in [0.15, 0.2) is 0 Å². The lowest BCUT2D eigenvalue weighted by Gasteiger charge is -2.39. The van der Waals surface area contributed by atoms with E-state index in [1.807, 2.05) is 0 Å². The number of rotatable bonds is 4. The molecule has 0 heterocycles. The number of carbonyl (C=O) groups excluding carboxylic acids is 2. The summed E-state index contributed by atoms with van der Waals surface area (Å²) >= 11 is 0. The van der Waals surface area contributed by atoms with E-state index in [1.54, 1.807) is 0 Å². The highest BCUT2D eigenvalue weighted by atomic mass is 16.6. The Morgan fingerprint density at radius 2 is 1.88 bits per heavy atom.